The van der Waals surface area contributed by atoms with E-state index >= 15 is 0 Å². The standard InChI is InChI=1S/C27H20ClN3O4/c1-16-20(4-3-5-22(16)31-27(34)23-9-6-17(14-32)13-30-23)21-10-11-29-26(25(21)28)18-7-8-19(15-33)24(12-18)35-2/h3-15H,1-2H3,(H,31,34). The Balaban J connectivity index is 1.70. The van der Waals surface area contributed by atoms with E-state index in [0.717, 1.165) is 23.0 Å². The summed E-state index contributed by atoms with van der Waals surface area (Å²) >= 11 is 6.80. The summed E-state index contributed by atoms with van der Waals surface area (Å²) in [6, 6.07) is 15.5. The van der Waals surface area contributed by atoms with Crippen LogP contribution in [0.5, 0.6) is 5.75 Å². The molecule has 0 fully saturated rings. The van der Waals surface area contributed by atoms with Crippen LogP contribution in [0.25, 0.3) is 22.4 Å². The number of rotatable bonds is 7. The molecule has 2 aromatic carbocycles. The van der Waals surface area contributed by atoms with Crippen molar-refractivity contribution in [2.24, 2.45) is 0 Å². The molecule has 0 aliphatic rings. The molecule has 2 heterocycles. The second kappa shape index (κ2) is 10.3. The molecule has 7 nitrogen and oxygen atoms in total. The van der Waals surface area contributed by atoms with Gasteiger partial charge >= 0.3 is 0 Å². The maximum absolute atomic E-state index is 12.7. The van der Waals surface area contributed by atoms with Crippen LogP contribution in [0.4, 0.5) is 5.69 Å². The van der Waals surface area contributed by atoms with E-state index in [1.165, 1.54) is 25.4 Å². The molecule has 0 saturated heterocycles. The second-order valence-corrected chi connectivity index (χ2v) is 8.00. The molecule has 4 aromatic rings. The fourth-order valence-corrected chi connectivity index (χ4v) is 3.99. The van der Waals surface area contributed by atoms with Crippen molar-refractivity contribution in [3.8, 4) is 28.1 Å². The van der Waals surface area contributed by atoms with E-state index in [1.807, 2.05) is 19.1 Å². The fourth-order valence-electron chi connectivity index (χ4n) is 3.67. The molecule has 8 heteroatoms. The summed E-state index contributed by atoms with van der Waals surface area (Å²) in [5.74, 6) is 0.0306. The van der Waals surface area contributed by atoms with Crippen molar-refractivity contribution >= 4 is 35.8 Å². The number of ether oxygens (including phenoxy) is 1. The van der Waals surface area contributed by atoms with Gasteiger partial charge in [-0.1, -0.05) is 29.8 Å². The van der Waals surface area contributed by atoms with Crippen molar-refractivity contribution < 1.29 is 19.1 Å². The number of amides is 1. The number of aromatic nitrogens is 2. The number of nitrogens with one attached hydrogen (secondary N) is 1. The number of nitrogens with zero attached hydrogens (tertiary/aromatic N) is 2. The minimum Gasteiger partial charge on any atom is -0.496 e. The average molecular weight is 486 g/mol. The van der Waals surface area contributed by atoms with Gasteiger partial charge in [-0.15, -0.1) is 0 Å². The SMILES string of the molecule is COc1cc(-c2nccc(-c3cccc(NC(=O)c4ccc(C=O)cn4)c3C)c2Cl)ccc1C=O. The number of hydrogen-bond acceptors (Lipinski definition) is 6. The normalized spacial score (nSPS) is 10.5. The average Bonchev–Trinajstić information content (AvgIpc) is 2.90. The van der Waals surface area contributed by atoms with Gasteiger partial charge in [0.2, 0.25) is 0 Å². The van der Waals surface area contributed by atoms with Crippen molar-refractivity contribution in [3.63, 3.8) is 0 Å². The van der Waals surface area contributed by atoms with Gasteiger partial charge in [-0.3, -0.25) is 24.4 Å². The van der Waals surface area contributed by atoms with E-state index in [1.54, 1.807) is 36.5 Å². The summed E-state index contributed by atoms with van der Waals surface area (Å²) in [5.41, 5.74) is 5.20. The lowest BCUT2D eigenvalue weighted by Crippen LogP contribution is -2.14. The fraction of sp³-hybridized carbons (Fsp3) is 0.0741. The molecule has 0 radical (unpaired) electrons. The molecule has 0 bridgehead atoms. The van der Waals surface area contributed by atoms with Crippen molar-refractivity contribution in [3.05, 3.63) is 94.4 Å². The third-order valence-electron chi connectivity index (χ3n) is 5.55. The molecule has 0 aliphatic carbocycles. The lowest BCUT2D eigenvalue weighted by molar-refractivity contribution is 0.102. The van der Waals surface area contributed by atoms with E-state index < -0.39 is 5.91 Å². The summed E-state index contributed by atoms with van der Waals surface area (Å²) < 4.78 is 5.31. The Morgan fingerprint density at radius 3 is 2.51 bits per heavy atom. The van der Waals surface area contributed by atoms with Crippen molar-refractivity contribution in [2.75, 3.05) is 12.4 Å². The molecule has 0 atom stereocenters. The summed E-state index contributed by atoms with van der Waals surface area (Å²) in [6.07, 6.45) is 4.39. The predicted octanol–water partition coefficient (Wildman–Crippen LogP) is 5.66. The second-order valence-electron chi connectivity index (χ2n) is 7.62. The first-order chi connectivity index (χ1) is 17.0. The zero-order chi connectivity index (χ0) is 24.9. The number of benzene rings is 2. The molecule has 0 unspecified atom stereocenters. The number of halogens is 1. The van der Waals surface area contributed by atoms with Crippen molar-refractivity contribution in [1.82, 2.24) is 9.97 Å². The summed E-state index contributed by atoms with van der Waals surface area (Å²) in [6.45, 7) is 1.88. The molecule has 4 rings (SSSR count). The molecule has 0 aliphatic heterocycles. The van der Waals surface area contributed by atoms with Crippen LogP contribution in [0.3, 0.4) is 0 Å². The minimum absolute atomic E-state index is 0.192. The number of aldehydes is 2. The Morgan fingerprint density at radius 2 is 1.83 bits per heavy atom. The molecule has 0 saturated carbocycles. The van der Waals surface area contributed by atoms with Crippen LogP contribution in [0.2, 0.25) is 5.02 Å². The first-order valence-corrected chi connectivity index (χ1v) is 10.9. The monoisotopic (exact) mass is 485 g/mol. The highest BCUT2D eigenvalue weighted by Crippen LogP contribution is 2.39. The summed E-state index contributed by atoms with van der Waals surface area (Å²) in [5, 5.41) is 3.29. The van der Waals surface area contributed by atoms with Gasteiger partial charge in [0.05, 0.1) is 23.4 Å². The maximum atomic E-state index is 12.7. The van der Waals surface area contributed by atoms with Gasteiger partial charge < -0.3 is 10.1 Å². The van der Waals surface area contributed by atoms with Crippen molar-refractivity contribution in [1.29, 1.82) is 0 Å². The molecule has 174 valence electrons. The third-order valence-corrected chi connectivity index (χ3v) is 5.93. The Bertz CT molecular complexity index is 1440. The highest BCUT2D eigenvalue weighted by atomic mass is 35.5. The molecular weight excluding hydrogens is 466 g/mol. The maximum Gasteiger partial charge on any atom is 0.274 e. The van der Waals surface area contributed by atoms with Gasteiger partial charge in [-0.05, 0) is 54.4 Å². The molecule has 1 amide bonds. The highest BCUT2D eigenvalue weighted by molar-refractivity contribution is 6.35. The van der Waals surface area contributed by atoms with E-state index in [2.05, 4.69) is 15.3 Å². The van der Waals surface area contributed by atoms with Crippen LogP contribution in [0.15, 0.2) is 67.0 Å². The minimum atomic E-state index is -0.397. The Hall–Kier alpha value is -4.36. The summed E-state index contributed by atoms with van der Waals surface area (Å²) in [7, 11) is 1.49. The molecule has 0 spiro atoms. The van der Waals surface area contributed by atoms with Gasteiger partial charge in [-0.2, -0.15) is 0 Å². The quantitative estimate of drug-likeness (QED) is 0.339. The van der Waals surface area contributed by atoms with Crippen LogP contribution in [-0.4, -0.2) is 35.6 Å². The molecule has 35 heavy (non-hydrogen) atoms. The van der Waals surface area contributed by atoms with E-state index in [-0.39, 0.29) is 5.69 Å². The first-order valence-electron chi connectivity index (χ1n) is 10.6. The number of carbonyl (C=O) groups is 3. The van der Waals surface area contributed by atoms with Gasteiger partial charge in [-0.25, -0.2) is 0 Å². The highest BCUT2D eigenvalue weighted by Gasteiger charge is 2.17. The van der Waals surface area contributed by atoms with E-state index in [0.29, 0.717) is 45.1 Å². The summed E-state index contributed by atoms with van der Waals surface area (Å²) in [4.78, 5) is 43.2. The van der Waals surface area contributed by atoms with Crippen LogP contribution in [0, 0.1) is 6.92 Å². The van der Waals surface area contributed by atoms with Crippen LogP contribution in [0.1, 0.15) is 36.8 Å². The molecule has 2 aromatic heterocycles. The smallest absolute Gasteiger partial charge is 0.274 e. The number of anilines is 1. The van der Waals surface area contributed by atoms with Gasteiger partial charge in [0.1, 0.15) is 11.4 Å². The first kappa shape index (κ1) is 23.8. The number of hydrogen-bond donors (Lipinski definition) is 1. The van der Waals surface area contributed by atoms with E-state index in [4.69, 9.17) is 16.3 Å². The predicted molar refractivity (Wildman–Crippen MR) is 134 cm³/mol. The van der Waals surface area contributed by atoms with Gasteiger partial charge in [0, 0.05) is 34.8 Å². The number of methoxy groups -OCH3 is 1. The zero-order valence-electron chi connectivity index (χ0n) is 18.9. The lowest BCUT2D eigenvalue weighted by atomic mass is 9.97. The van der Waals surface area contributed by atoms with Crippen LogP contribution >= 0.6 is 11.6 Å². The van der Waals surface area contributed by atoms with Crippen molar-refractivity contribution in [2.45, 2.75) is 6.92 Å². The number of carbonyl (C=O) groups excluding carboxylic acids is 3. The Labute approximate surface area is 206 Å². The largest absolute Gasteiger partial charge is 0.496 e. The number of pyridine rings is 2. The van der Waals surface area contributed by atoms with Gasteiger partial charge in [0.25, 0.3) is 5.91 Å². The molecule has 1 N–H and O–H groups in total. The topological polar surface area (TPSA) is 98.2 Å². The van der Waals surface area contributed by atoms with E-state index in [9.17, 15) is 14.4 Å². The van der Waals surface area contributed by atoms with Crippen LogP contribution in [-0.2, 0) is 0 Å². The van der Waals surface area contributed by atoms with Gasteiger partial charge in [0.15, 0.2) is 12.6 Å². The third kappa shape index (κ3) is 4.81. The molecular formula is C27H20ClN3O4. The Kier molecular flexibility index (Phi) is 6.98. The zero-order valence-corrected chi connectivity index (χ0v) is 19.7. The van der Waals surface area contributed by atoms with Crippen LogP contribution < -0.4 is 10.1 Å². The lowest BCUT2D eigenvalue weighted by Gasteiger charge is -2.15. The Morgan fingerprint density at radius 1 is 1.00 bits per heavy atom.